The molecule has 0 radical (unpaired) electrons. The Kier molecular flexibility index (Phi) is 3.49. The molecule has 0 saturated heterocycles. The molecule has 20 heavy (non-hydrogen) atoms. The second-order valence-electron chi connectivity index (χ2n) is 4.95. The van der Waals surface area contributed by atoms with E-state index in [1.807, 2.05) is 24.3 Å². The van der Waals surface area contributed by atoms with Crippen molar-refractivity contribution in [2.75, 3.05) is 0 Å². The first kappa shape index (κ1) is 13.2. The van der Waals surface area contributed by atoms with Crippen LogP contribution in [0.1, 0.15) is 36.7 Å². The molecule has 1 aliphatic rings. The van der Waals surface area contributed by atoms with Crippen molar-refractivity contribution in [1.29, 1.82) is 0 Å². The standard InChI is InChI=1S/C15H16ClN3O/c1-2-3-8-19-15(20)18-9-7-12-11(10-14(18)17-19)5-4-6-13(12)16/h4-7,9H,2-3,8,10H2,1H3. The number of benzene rings is 1. The van der Waals surface area contributed by atoms with E-state index < -0.39 is 0 Å². The van der Waals surface area contributed by atoms with Gasteiger partial charge in [0.2, 0.25) is 0 Å². The number of rotatable bonds is 3. The summed E-state index contributed by atoms with van der Waals surface area (Å²) < 4.78 is 3.17. The van der Waals surface area contributed by atoms with Gasteiger partial charge < -0.3 is 0 Å². The summed E-state index contributed by atoms with van der Waals surface area (Å²) in [5, 5.41) is 5.15. The molecular formula is C15H16ClN3O. The molecule has 4 nitrogen and oxygen atoms in total. The fourth-order valence-corrected chi connectivity index (χ4v) is 2.69. The van der Waals surface area contributed by atoms with Crippen LogP contribution in [-0.2, 0) is 13.0 Å². The molecule has 5 heteroatoms. The molecule has 0 N–H and O–H groups in total. The van der Waals surface area contributed by atoms with Crippen LogP contribution in [0.3, 0.4) is 0 Å². The van der Waals surface area contributed by atoms with Crippen molar-refractivity contribution in [2.24, 2.45) is 0 Å². The maximum absolute atomic E-state index is 12.3. The minimum Gasteiger partial charge on any atom is -0.253 e. The third-order valence-electron chi connectivity index (χ3n) is 3.55. The van der Waals surface area contributed by atoms with Gasteiger partial charge in [-0.2, -0.15) is 5.10 Å². The average Bonchev–Trinajstić information content (AvgIpc) is 2.61. The van der Waals surface area contributed by atoms with Crippen molar-refractivity contribution in [3.63, 3.8) is 0 Å². The van der Waals surface area contributed by atoms with E-state index in [-0.39, 0.29) is 5.69 Å². The quantitative estimate of drug-likeness (QED) is 0.743. The molecule has 0 aliphatic carbocycles. The lowest BCUT2D eigenvalue weighted by atomic mass is 10.1. The van der Waals surface area contributed by atoms with E-state index in [1.54, 1.807) is 15.4 Å². The molecule has 3 rings (SSSR count). The highest BCUT2D eigenvalue weighted by Gasteiger charge is 2.16. The van der Waals surface area contributed by atoms with Crippen LogP contribution in [0.25, 0.3) is 12.3 Å². The van der Waals surface area contributed by atoms with Crippen LogP contribution >= 0.6 is 11.6 Å². The van der Waals surface area contributed by atoms with Crippen molar-refractivity contribution in [3.8, 4) is 0 Å². The Balaban J connectivity index is 2.05. The topological polar surface area (TPSA) is 39.8 Å². The molecule has 1 aliphatic heterocycles. The summed E-state index contributed by atoms with van der Waals surface area (Å²) in [6, 6.07) is 5.81. The lowest BCUT2D eigenvalue weighted by Gasteiger charge is -2.04. The number of aryl methyl sites for hydroxylation is 1. The molecule has 104 valence electrons. The summed E-state index contributed by atoms with van der Waals surface area (Å²) in [6.07, 6.45) is 6.29. The lowest BCUT2D eigenvalue weighted by molar-refractivity contribution is 0.549. The average molecular weight is 290 g/mol. The Morgan fingerprint density at radius 1 is 1.40 bits per heavy atom. The van der Waals surface area contributed by atoms with Crippen LogP contribution in [0.5, 0.6) is 0 Å². The van der Waals surface area contributed by atoms with Gasteiger partial charge in [-0.3, -0.25) is 4.57 Å². The van der Waals surface area contributed by atoms with Crippen LogP contribution < -0.4 is 5.69 Å². The van der Waals surface area contributed by atoms with Gasteiger partial charge in [0.1, 0.15) is 5.82 Å². The predicted molar refractivity (Wildman–Crippen MR) is 80.9 cm³/mol. The zero-order valence-electron chi connectivity index (χ0n) is 11.3. The second kappa shape index (κ2) is 5.29. The van der Waals surface area contributed by atoms with Crippen molar-refractivity contribution in [1.82, 2.24) is 14.3 Å². The van der Waals surface area contributed by atoms with E-state index in [9.17, 15) is 4.79 Å². The number of nitrogens with zero attached hydrogens (tertiary/aromatic N) is 3. The Bertz CT molecular complexity index is 727. The van der Waals surface area contributed by atoms with Gasteiger partial charge in [0.05, 0.1) is 0 Å². The predicted octanol–water partition coefficient (Wildman–Crippen LogP) is 3.03. The normalized spacial score (nSPS) is 12.9. The summed E-state index contributed by atoms with van der Waals surface area (Å²) in [4.78, 5) is 12.3. The Labute approximate surface area is 122 Å². The Hall–Kier alpha value is -1.81. The zero-order chi connectivity index (χ0) is 14.1. The van der Waals surface area contributed by atoms with Gasteiger partial charge in [0.25, 0.3) is 0 Å². The third kappa shape index (κ3) is 2.20. The van der Waals surface area contributed by atoms with Gasteiger partial charge in [0, 0.05) is 24.2 Å². The van der Waals surface area contributed by atoms with Crippen LogP contribution in [-0.4, -0.2) is 14.3 Å². The van der Waals surface area contributed by atoms with E-state index in [0.717, 1.165) is 29.8 Å². The van der Waals surface area contributed by atoms with Gasteiger partial charge in [-0.05, 0) is 29.7 Å². The van der Waals surface area contributed by atoms with E-state index in [4.69, 9.17) is 11.6 Å². The van der Waals surface area contributed by atoms with Crippen molar-refractivity contribution in [2.45, 2.75) is 32.7 Å². The molecule has 0 bridgehead atoms. The molecule has 0 spiro atoms. The number of fused-ring (bicyclic) bond motifs is 2. The van der Waals surface area contributed by atoms with Crippen molar-refractivity contribution in [3.05, 3.63) is 50.7 Å². The minimum atomic E-state index is -0.0753. The molecule has 2 aromatic rings. The van der Waals surface area contributed by atoms with E-state index in [0.29, 0.717) is 18.0 Å². The summed E-state index contributed by atoms with van der Waals surface area (Å²) in [6.45, 7) is 2.77. The number of unbranched alkanes of at least 4 members (excludes halogenated alkanes) is 1. The molecule has 0 saturated carbocycles. The minimum absolute atomic E-state index is 0.0753. The Morgan fingerprint density at radius 2 is 2.25 bits per heavy atom. The van der Waals surface area contributed by atoms with Gasteiger partial charge >= 0.3 is 5.69 Å². The fourth-order valence-electron chi connectivity index (χ4n) is 2.43. The molecular weight excluding hydrogens is 274 g/mol. The van der Waals surface area contributed by atoms with Crippen LogP contribution in [0.4, 0.5) is 0 Å². The first-order valence-corrected chi connectivity index (χ1v) is 7.22. The van der Waals surface area contributed by atoms with Gasteiger partial charge in [0.15, 0.2) is 0 Å². The first-order valence-electron chi connectivity index (χ1n) is 6.84. The summed E-state index contributed by atoms with van der Waals surface area (Å²) in [5.74, 6) is 0.767. The largest absolute Gasteiger partial charge is 0.350 e. The van der Waals surface area contributed by atoms with E-state index in [2.05, 4.69) is 12.0 Å². The number of hydrogen-bond donors (Lipinski definition) is 0. The maximum Gasteiger partial charge on any atom is 0.350 e. The molecule has 0 amide bonds. The molecule has 2 heterocycles. The summed E-state index contributed by atoms with van der Waals surface area (Å²) in [5.41, 5.74) is 1.99. The number of aromatic nitrogens is 3. The monoisotopic (exact) mass is 289 g/mol. The zero-order valence-corrected chi connectivity index (χ0v) is 12.1. The van der Waals surface area contributed by atoms with E-state index >= 15 is 0 Å². The summed E-state index contributed by atoms with van der Waals surface area (Å²) in [7, 11) is 0. The molecule has 1 aromatic heterocycles. The van der Waals surface area contributed by atoms with Gasteiger partial charge in [-0.25, -0.2) is 9.48 Å². The second-order valence-corrected chi connectivity index (χ2v) is 5.36. The van der Waals surface area contributed by atoms with Crippen molar-refractivity contribution >= 4 is 23.9 Å². The Morgan fingerprint density at radius 3 is 3.05 bits per heavy atom. The van der Waals surface area contributed by atoms with Crippen LogP contribution in [0.15, 0.2) is 23.0 Å². The van der Waals surface area contributed by atoms with Gasteiger partial charge in [-0.1, -0.05) is 37.1 Å². The molecule has 0 atom stereocenters. The molecule has 0 unspecified atom stereocenters. The smallest absolute Gasteiger partial charge is 0.253 e. The first-order chi connectivity index (χ1) is 9.70. The SMILES string of the molecule is CCCCn1nc2n(c1=O)C=Cc1c(Cl)cccc1C2. The number of halogens is 1. The molecule has 0 fully saturated rings. The maximum atomic E-state index is 12.3. The highest BCUT2D eigenvalue weighted by atomic mass is 35.5. The number of hydrogen-bond acceptors (Lipinski definition) is 2. The van der Waals surface area contributed by atoms with Crippen LogP contribution in [0, 0.1) is 0 Å². The van der Waals surface area contributed by atoms with Crippen molar-refractivity contribution < 1.29 is 0 Å². The van der Waals surface area contributed by atoms with Gasteiger partial charge in [-0.15, -0.1) is 0 Å². The van der Waals surface area contributed by atoms with Crippen LogP contribution in [0.2, 0.25) is 5.02 Å². The summed E-state index contributed by atoms with van der Waals surface area (Å²) >= 11 is 6.20. The lowest BCUT2D eigenvalue weighted by Crippen LogP contribution is -2.22. The highest BCUT2D eigenvalue weighted by Crippen LogP contribution is 2.25. The highest BCUT2D eigenvalue weighted by molar-refractivity contribution is 6.32. The third-order valence-corrected chi connectivity index (χ3v) is 3.88. The fraction of sp³-hybridized carbons (Fsp3) is 0.333. The molecule has 1 aromatic carbocycles. The van der Waals surface area contributed by atoms with E-state index in [1.165, 1.54) is 0 Å².